The van der Waals surface area contributed by atoms with Gasteiger partial charge in [0, 0.05) is 17.4 Å². The molecule has 196 valence electrons. The number of nitriles is 2. The van der Waals surface area contributed by atoms with Crippen LogP contribution in [0.2, 0.25) is 0 Å². The van der Waals surface area contributed by atoms with Crippen molar-refractivity contribution in [3.63, 3.8) is 0 Å². The second-order valence-corrected chi connectivity index (χ2v) is 10.1. The van der Waals surface area contributed by atoms with Crippen molar-refractivity contribution in [3.8, 4) is 23.4 Å². The number of aromatic nitrogens is 2. The molecule has 5 nitrogen and oxygen atoms in total. The Morgan fingerprint density at radius 3 is 1.76 bits per heavy atom. The number of hydrogen-bond donors (Lipinski definition) is 0. The van der Waals surface area contributed by atoms with Gasteiger partial charge in [-0.25, -0.2) is 0 Å². The minimum Gasteiger partial charge on any atom is -0.310 e. The number of rotatable bonds is 4. The van der Waals surface area contributed by atoms with Gasteiger partial charge in [-0.15, -0.1) is 0 Å². The maximum atomic E-state index is 9.96. The summed E-state index contributed by atoms with van der Waals surface area (Å²) < 4.78 is 0. The van der Waals surface area contributed by atoms with Crippen LogP contribution in [0, 0.1) is 22.7 Å². The molecule has 6 aromatic rings. The van der Waals surface area contributed by atoms with Crippen molar-refractivity contribution < 1.29 is 0 Å². The first kappa shape index (κ1) is 25.0. The molecule has 0 radical (unpaired) electrons. The van der Waals surface area contributed by atoms with E-state index in [0.29, 0.717) is 11.1 Å². The Morgan fingerprint density at radius 1 is 0.571 bits per heavy atom. The lowest BCUT2D eigenvalue weighted by Crippen LogP contribution is -2.39. The number of pyridine rings is 2. The molecular formula is C37H23N5. The van der Waals surface area contributed by atoms with Crippen molar-refractivity contribution in [1.82, 2.24) is 9.97 Å². The lowest BCUT2D eigenvalue weighted by atomic mass is 9.65. The predicted molar refractivity (Wildman–Crippen MR) is 163 cm³/mol. The van der Waals surface area contributed by atoms with Crippen molar-refractivity contribution >= 4 is 17.1 Å². The molecule has 0 unspecified atom stereocenters. The van der Waals surface area contributed by atoms with Gasteiger partial charge in [-0.1, -0.05) is 72.8 Å². The molecule has 1 aliphatic heterocycles. The first-order chi connectivity index (χ1) is 20.7. The van der Waals surface area contributed by atoms with E-state index in [-0.39, 0.29) is 0 Å². The Balaban J connectivity index is 1.65. The maximum absolute atomic E-state index is 9.96. The topological polar surface area (TPSA) is 76.6 Å². The summed E-state index contributed by atoms with van der Waals surface area (Å²) in [5.74, 6) is 0. The zero-order chi connectivity index (χ0) is 28.5. The molecule has 0 spiro atoms. The molecule has 7 rings (SSSR count). The fourth-order valence-electron chi connectivity index (χ4n) is 6.02. The van der Waals surface area contributed by atoms with E-state index in [9.17, 15) is 10.5 Å². The highest BCUT2D eigenvalue weighted by atomic mass is 15.2. The van der Waals surface area contributed by atoms with Crippen LogP contribution in [-0.4, -0.2) is 9.97 Å². The van der Waals surface area contributed by atoms with Crippen LogP contribution in [0.5, 0.6) is 0 Å². The van der Waals surface area contributed by atoms with Gasteiger partial charge in [-0.2, -0.15) is 10.5 Å². The van der Waals surface area contributed by atoms with Crippen molar-refractivity contribution in [2.24, 2.45) is 0 Å². The van der Waals surface area contributed by atoms with E-state index >= 15 is 0 Å². The third kappa shape index (κ3) is 3.84. The average Bonchev–Trinajstić information content (AvgIpc) is 3.08. The largest absolute Gasteiger partial charge is 0.310 e. The molecule has 0 amide bonds. The summed E-state index contributed by atoms with van der Waals surface area (Å²) in [6.45, 7) is 0. The lowest BCUT2D eigenvalue weighted by molar-refractivity contribution is 0.678. The lowest BCUT2D eigenvalue weighted by Gasteiger charge is -2.45. The number of fused-ring (bicyclic) bond motifs is 2. The second kappa shape index (κ2) is 10.2. The third-order valence-electron chi connectivity index (χ3n) is 7.81. The monoisotopic (exact) mass is 537 g/mol. The van der Waals surface area contributed by atoms with E-state index in [0.717, 1.165) is 50.8 Å². The maximum Gasteiger partial charge on any atom is 0.109 e. The van der Waals surface area contributed by atoms with E-state index < -0.39 is 5.41 Å². The van der Waals surface area contributed by atoms with E-state index in [1.54, 1.807) is 6.20 Å². The fourth-order valence-corrected chi connectivity index (χ4v) is 6.02. The SMILES string of the molecule is N#Cc1ccc2c(c1)N(c1ccccc1)c1cc(C#N)ccc1C2(c1ccccn1)c1cccc(-c2ccccc2)n1. The first-order valence-corrected chi connectivity index (χ1v) is 13.6. The average molecular weight is 538 g/mol. The summed E-state index contributed by atoms with van der Waals surface area (Å²) in [5, 5.41) is 19.9. The number of benzene rings is 4. The van der Waals surface area contributed by atoms with Gasteiger partial charge in [-0.3, -0.25) is 9.97 Å². The van der Waals surface area contributed by atoms with Crippen molar-refractivity contribution in [3.05, 3.63) is 173 Å². The molecule has 42 heavy (non-hydrogen) atoms. The number of anilines is 3. The normalized spacial score (nSPS) is 12.9. The summed E-state index contributed by atoms with van der Waals surface area (Å²) in [6.07, 6.45) is 1.80. The molecule has 0 saturated heterocycles. The summed E-state index contributed by atoms with van der Waals surface area (Å²) >= 11 is 0. The van der Waals surface area contributed by atoms with Crippen molar-refractivity contribution in [2.75, 3.05) is 4.90 Å². The fraction of sp³-hybridized carbons (Fsp3) is 0.0270. The van der Waals surface area contributed by atoms with Crippen molar-refractivity contribution in [2.45, 2.75) is 5.41 Å². The first-order valence-electron chi connectivity index (χ1n) is 13.6. The Morgan fingerprint density at radius 2 is 1.17 bits per heavy atom. The molecule has 0 N–H and O–H groups in total. The van der Waals surface area contributed by atoms with Crippen LogP contribution in [0.3, 0.4) is 0 Å². The summed E-state index contributed by atoms with van der Waals surface area (Å²) in [6, 6.07) is 48.4. The van der Waals surface area contributed by atoms with Crippen LogP contribution in [0.25, 0.3) is 11.3 Å². The van der Waals surface area contributed by atoms with Gasteiger partial charge in [0.05, 0.1) is 51.7 Å². The molecule has 2 aromatic heterocycles. The number of nitrogens with zero attached hydrogens (tertiary/aromatic N) is 5. The molecule has 3 heterocycles. The summed E-state index contributed by atoms with van der Waals surface area (Å²) in [5.41, 5.74) is 8.07. The molecule has 0 atom stereocenters. The zero-order valence-electron chi connectivity index (χ0n) is 22.5. The molecule has 0 bridgehead atoms. The van der Waals surface area contributed by atoms with Crippen LogP contribution in [-0.2, 0) is 5.41 Å². The second-order valence-electron chi connectivity index (χ2n) is 10.1. The van der Waals surface area contributed by atoms with Crippen LogP contribution < -0.4 is 4.90 Å². The Kier molecular flexibility index (Phi) is 6.05. The van der Waals surface area contributed by atoms with Gasteiger partial charge in [0.2, 0.25) is 0 Å². The van der Waals surface area contributed by atoms with E-state index in [2.05, 4.69) is 29.2 Å². The standard InChI is InChI=1S/C37H23N5/c38-24-26-17-19-30-33(22-26)42(29-12-5-2-6-13-29)34-23-27(25-39)18-20-31(34)37(30,35-15-7-8-21-40-35)36-16-9-14-32(41-36)28-10-3-1-4-11-28/h1-23H. The van der Waals surface area contributed by atoms with E-state index in [1.807, 2.05) is 121 Å². The molecule has 0 saturated carbocycles. The molecule has 5 heteroatoms. The van der Waals surface area contributed by atoms with E-state index in [4.69, 9.17) is 9.97 Å². The summed E-state index contributed by atoms with van der Waals surface area (Å²) in [7, 11) is 0. The van der Waals surface area contributed by atoms with Gasteiger partial charge in [0.1, 0.15) is 5.41 Å². The van der Waals surface area contributed by atoms with Gasteiger partial charge < -0.3 is 4.90 Å². The number of hydrogen-bond acceptors (Lipinski definition) is 5. The Labute approximate surface area is 244 Å². The summed E-state index contributed by atoms with van der Waals surface area (Å²) in [4.78, 5) is 12.4. The molecule has 0 fully saturated rings. The Bertz CT molecular complexity index is 1940. The van der Waals surface area contributed by atoms with Crippen LogP contribution in [0.15, 0.2) is 140 Å². The smallest absolute Gasteiger partial charge is 0.109 e. The minimum absolute atomic E-state index is 0.537. The third-order valence-corrected chi connectivity index (χ3v) is 7.81. The highest BCUT2D eigenvalue weighted by Crippen LogP contribution is 2.57. The van der Waals surface area contributed by atoms with Gasteiger partial charge in [0.25, 0.3) is 0 Å². The highest BCUT2D eigenvalue weighted by molar-refractivity contribution is 5.90. The molecular weight excluding hydrogens is 514 g/mol. The van der Waals surface area contributed by atoms with E-state index in [1.165, 1.54) is 0 Å². The minimum atomic E-state index is -0.941. The molecule has 0 aliphatic carbocycles. The molecule has 4 aromatic carbocycles. The van der Waals surface area contributed by atoms with Gasteiger partial charge in [0.15, 0.2) is 0 Å². The van der Waals surface area contributed by atoms with Gasteiger partial charge in [-0.05, 0) is 71.8 Å². The Hall–Kier alpha value is -6.04. The van der Waals surface area contributed by atoms with Gasteiger partial charge >= 0.3 is 0 Å². The van der Waals surface area contributed by atoms with Crippen molar-refractivity contribution in [1.29, 1.82) is 10.5 Å². The quantitative estimate of drug-likeness (QED) is 0.227. The highest BCUT2D eigenvalue weighted by Gasteiger charge is 2.49. The number of para-hydroxylation sites is 1. The molecule has 1 aliphatic rings. The van der Waals surface area contributed by atoms with Crippen LogP contribution in [0.4, 0.5) is 17.1 Å². The predicted octanol–water partition coefficient (Wildman–Crippen LogP) is 8.05. The van der Waals surface area contributed by atoms with Crippen LogP contribution >= 0.6 is 0 Å². The van der Waals surface area contributed by atoms with Crippen LogP contribution in [0.1, 0.15) is 33.6 Å². The zero-order valence-corrected chi connectivity index (χ0v) is 22.5.